The average Bonchev–Trinajstić information content (AvgIpc) is 3.26. The summed E-state index contributed by atoms with van der Waals surface area (Å²) in [7, 11) is 0. The van der Waals surface area contributed by atoms with Crippen molar-refractivity contribution in [3.8, 4) is 0 Å². The molecule has 0 N–H and O–H groups in total. The third kappa shape index (κ3) is 6.41. The molecule has 30 heavy (non-hydrogen) atoms. The Hall–Kier alpha value is -1.68. The van der Waals surface area contributed by atoms with E-state index >= 15 is 0 Å². The lowest BCUT2D eigenvalue weighted by atomic mass is 9.94. The van der Waals surface area contributed by atoms with Crippen LogP contribution in [-0.2, 0) is 16.0 Å². The van der Waals surface area contributed by atoms with Crippen molar-refractivity contribution in [2.75, 3.05) is 26.2 Å². The lowest BCUT2D eigenvalue weighted by Crippen LogP contribution is -2.47. The molecule has 0 spiro atoms. The predicted molar refractivity (Wildman–Crippen MR) is 122 cm³/mol. The van der Waals surface area contributed by atoms with Crippen LogP contribution < -0.4 is 0 Å². The van der Waals surface area contributed by atoms with E-state index in [1.807, 2.05) is 18.7 Å². The number of likely N-dealkylation sites (tertiary alicyclic amines) is 1. The Labute approximate surface area is 183 Å². The molecule has 1 saturated carbocycles. The Morgan fingerprint density at radius 1 is 1.07 bits per heavy atom. The number of carbonyl (C=O) groups excluding carboxylic acids is 2. The average molecular weight is 413 g/mol. The molecule has 0 aromatic heterocycles. The van der Waals surface area contributed by atoms with Gasteiger partial charge in [0.05, 0.1) is 0 Å². The van der Waals surface area contributed by atoms with E-state index in [1.54, 1.807) is 0 Å². The Bertz CT molecular complexity index is 701. The Kier molecular flexibility index (Phi) is 8.50. The first kappa shape index (κ1) is 23.0. The number of aryl methyl sites for hydroxylation is 1. The predicted octanol–water partition coefficient (Wildman–Crippen LogP) is 4.64. The summed E-state index contributed by atoms with van der Waals surface area (Å²) in [6, 6.07) is 8.95. The van der Waals surface area contributed by atoms with Crippen LogP contribution in [0.5, 0.6) is 0 Å². The van der Waals surface area contributed by atoms with Crippen molar-refractivity contribution >= 4 is 11.7 Å². The molecule has 4 heteroatoms. The molecular formula is C26H40N2O2. The van der Waals surface area contributed by atoms with Crippen LogP contribution in [0.4, 0.5) is 0 Å². The lowest BCUT2D eigenvalue weighted by molar-refractivity contribution is -0.147. The Balaban J connectivity index is 1.50. The highest BCUT2D eigenvalue weighted by Gasteiger charge is 2.33. The highest BCUT2D eigenvalue weighted by Crippen LogP contribution is 2.27. The number of piperidine rings is 1. The topological polar surface area (TPSA) is 40.6 Å². The molecular weight excluding hydrogens is 372 g/mol. The van der Waals surface area contributed by atoms with Crippen molar-refractivity contribution in [1.29, 1.82) is 0 Å². The van der Waals surface area contributed by atoms with Crippen LogP contribution in [0.15, 0.2) is 24.3 Å². The zero-order valence-electron chi connectivity index (χ0n) is 19.2. The van der Waals surface area contributed by atoms with Gasteiger partial charge in [-0.3, -0.25) is 9.59 Å². The number of amides is 1. The SMILES string of the molecule is Cc1ccccc1CCN1CCC(CN(C(=O)C(=O)CC(C)C)C2CCCC2)CC1. The molecule has 0 unspecified atom stereocenters. The van der Waals surface area contributed by atoms with Crippen molar-refractivity contribution in [2.24, 2.45) is 11.8 Å². The van der Waals surface area contributed by atoms with E-state index in [-0.39, 0.29) is 23.7 Å². The molecule has 2 fully saturated rings. The van der Waals surface area contributed by atoms with Gasteiger partial charge in [0.2, 0.25) is 5.78 Å². The highest BCUT2D eigenvalue weighted by molar-refractivity contribution is 6.36. The summed E-state index contributed by atoms with van der Waals surface area (Å²) in [5, 5.41) is 0. The molecule has 0 bridgehead atoms. The number of hydrogen-bond acceptors (Lipinski definition) is 3. The quantitative estimate of drug-likeness (QED) is 0.555. The van der Waals surface area contributed by atoms with Gasteiger partial charge in [0, 0.05) is 25.6 Å². The largest absolute Gasteiger partial charge is 0.333 e. The number of carbonyl (C=O) groups is 2. The third-order valence-electron chi connectivity index (χ3n) is 6.98. The summed E-state index contributed by atoms with van der Waals surface area (Å²) < 4.78 is 0. The van der Waals surface area contributed by atoms with E-state index in [0.29, 0.717) is 12.3 Å². The number of ketones is 1. The Morgan fingerprint density at radius 2 is 1.73 bits per heavy atom. The van der Waals surface area contributed by atoms with E-state index in [9.17, 15) is 9.59 Å². The van der Waals surface area contributed by atoms with Crippen molar-refractivity contribution in [3.63, 3.8) is 0 Å². The van der Waals surface area contributed by atoms with Crippen LogP contribution in [0.3, 0.4) is 0 Å². The standard InChI is InChI=1S/C26H40N2O2/c1-20(2)18-25(29)26(30)28(24-10-6-7-11-24)19-22-12-15-27(16-13-22)17-14-23-9-5-4-8-21(23)3/h4-5,8-9,20,22,24H,6-7,10-19H2,1-3H3. The van der Waals surface area contributed by atoms with Gasteiger partial charge in [0.1, 0.15) is 0 Å². The van der Waals surface area contributed by atoms with Crippen molar-refractivity contribution in [2.45, 2.75) is 78.2 Å². The van der Waals surface area contributed by atoms with Gasteiger partial charge in [-0.2, -0.15) is 0 Å². The van der Waals surface area contributed by atoms with Gasteiger partial charge in [-0.25, -0.2) is 0 Å². The van der Waals surface area contributed by atoms with Crippen LogP contribution in [-0.4, -0.2) is 53.7 Å². The molecule has 1 aliphatic carbocycles. The number of hydrogen-bond donors (Lipinski definition) is 0. The van der Waals surface area contributed by atoms with E-state index < -0.39 is 0 Å². The van der Waals surface area contributed by atoms with Gasteiger partial charge < -0.3 is 9.80 Å². The molecule has 4 nitrogen and oxygen atoms in total. The van der Waals surface area contributed by atoms with E-state index in [4.69, 9.17) is 0 Å². The van der Waals surface area contributed by atoms with Crippen LogP contribution in [0.1, 0.15) is 69.9 Å². The molecule has 3 rings (SSSR count). The minimum absolute atomic E-state index is 0.187. The molecule has 2 aliphatic rings. The molecule has 1 heterocycles. The number of Topliss-reactive ketones (excluding diaryl/α,β-unsaturated/α-hetero) is 1. The second-order valence-corrected chi connectivity index (χ2v) is 9.88. The van der Waals surface area contributed by atoms with Crippen LogP contribution >= 0.6 is 0 Å². The minimum Gasteiger partial charge on any atom is -0.333 e. The summed E-state index contributed by atoms with van der Waals surface area (Å²) in [6.07, 6.45) is 8.23. The second kappa shape index (κ2) is 11.1. The van der Waals surface area contributed by atoms with E-state index in [1.165, 1.54) is 24.0 Å². The van der Waals surface area contributed by atoms with E-state index in [2.05, 4.69) is 36.1 Å². The van der Waals surface area contributed by atoms with Gasteiger partial charge in [0.15, 0.2) is 0 Å². The zero-order chi connectivity index (χ0) is 21.5. The smallest absolute Gasteiger partial charge is 0.290 e. The monoisotopic (exact) mass is 412 g/mol. The first-order valence-corrected chi connectivity index (χ1v) is 12.0. The number of benzene rings is 1. The van der Waals surface area contributed by atoms with E-state index in [0.717, 1.165) is 58.3 Å². The maximum Gasteiger partial charge on any atom is 0.290 e. The summed E-state index contributed by atoms with van der Waals surface area (Å²) in [5.74, 6) is 0.365. The van der Waals surface area contributed by atoms with Gasteiger partial charge in [-0.05, 0) is 75.1 Å². The molecule has 1 saturated heterocycles. The molecule has 1 aromatic rings. The maximum absolute atomic E-state index is 13.0. The normalized spacial score (nSPS) is 18.8. The fourth-order valence-corrected chi connectivity index (χ4v) is 5.07. The third-order valence-corrected chi connectivity index (χ3v) is 6.98. The van der Waals surface area contributed by atoms with Crippen molar-refractivity contribution in [3.05, 3.63) is 35.4 Å². The second-order valence-electron chi connectivity index (χ2n) is 9.88. The molecule has 0 atom stereocenters. The number of nitrogens with zero attached hydrogens (tertiary/aromatic N) is 2. The summed E-state index contributed by atoms with van der Waals surface area (Å²) >= 11 is 0. The summed E-state index contributed by atoms with van der Waals surface area (Å²) in [4.78, 5) is 30.0. The molecule has 0 radical (unpaired) electrons. The molecule has 166 valence electrons. The first-order chi connectivity index (χ1) is 14.4. The highest BCUT2D eigenvalue weighted by atomic mass is 16.2. The summed E-state index contributed by atoms with van der Waals surface area (Å²) in [5.41, 5.74) is 2.82. The fourth-order valence-electron chi connectivity index (χ4n) is 5.07. The number of rotatable bonds is 9. The maximum atomic E-state index is 13.0. The van der Waals surface area contributed by atoms with Crippen LogP contribution in [0, 0.1) is 18.8 Å². The molecule has 1 aliphatic heterocycles. The van der Waals surface area contributed by atoms with Gasteiger partial charge >= 0.3 is 0 Å². The van der Waals surface area contributed by atoms with Gasteiger partial charge in [-0.15, -0.1) is 0 Å². The van der Waals surface area contributed by atoms with Crippen LogP contribution in [0.25, 0.3) is 0 Å². The first-order valence-electron chi connectivity index (χ1n) is 12.0. The summed E-state index contributed by atoms with van der Waals surface area (Å²) in [6.45, 7) is 10.3. The molecule has 1 amide bonds. The Morgan fingerprint density at radius 3 is 2.37 bits per heavy atom. The van der Waals surface area contributed by atoms with Crippen LogP contribution in [0.2, 0.25) is 0 Å². The van der Waals surface area contributed by atoms with Gasteiger partial charge in [0.25, 0.3) is 5.91 Å². The lowest BCUT2D eigenvalue weighted by Gasteiger charge is -2.37. The van der Waals surface area contributed by atoms with Crippen molar-refractivity contribution in [1.82, 2.24) is 9.80 Å². The fraction of sp³-hybridized carbons (Fsp3) is 0.692. The minimum atomic E-state index is -0.211. The van der Waals surface area contributed by atoms with Crippen molar-refractivity contribution < 1.29 is 9.59 Å². The molecule has 1 aromatic carbocycles. The van der Waals surface area contributed by atoms with Gasteiger partial charge in [-0.1, -0.05) is 51.0 Å². The zero-order valence-corrected chi connectivity index (χ0v) is 19.2.